The van der Waals surface area contributed by atoms with Gasteiger partial charge in [0.25, 0.3) is 0 Å². The summed E-state index contributed by atoms with van der Waals surface area (Å²) in [5.74, 6) is -0.186. The fourth-order valence-electron chi connectivity index (χ4n) is 1.85. The Morgan fingerprint density at radius 2 is 1.58 bits per heavy atom. The van der Waals surface area contributed by atoms with Crippen LogP contribution in [0.2, 0.25) is 0 Å². The number of esters is 1. The maximum absolute atomic E-state index is 11.6. The number of hydrogen-bond acceptors (Lipinski definition) is 6. The van der Waals surface area contributed by atoms with Gasteiger partial charge in [-0.3, -0.25) is 9.69 Å². The van der Waals surface area contributed by atoms with Gasteiger partial charge >= 0.3 is 5.97 Å². The maximum atomic E-state index is 11.6. The molecule has 1 aliphatic heterocycles. The maximum Gasteiger partial charge on any atom is 0.320 e. The molecule has 0 aromatic carbocycles. The Kier molecular flexibility index (Phi) is 9.26. The summed E-state index contributed by atoms with van der Waals surface area (Å²) in [5.41, 5.74) is 0. The molecule has 0 aromatic rings. The van der Waals surface area contributed by atoms with Gasteiger partial charge in [0.15, 0.2) is 0 Å². The van der Waals surface area contributed by atoms with Gasteiger partial charge in [-0.2, -0.15) is 0 Å². The van der Waals surface area contributed by atoms with Crippen molar-refractivity contribution in [3.05, 3.63) is 12.7 Å². The summed E-state index contributed by atoms with van der Waals surface area (Å²) in [4.78, 5) is 13.7. The van der Waals surface area contributed by atoms with Crippen LogP contribution < -0.4 is 16.0 Å². The van der Waals surface area contributed by atoms with Crippen LogP contribution in [0.5, 0.6) is 0 Å². The molecule has 0 aromatic heterocycles. The summed E-state index contributed by atoms with van der Waals surface area (Å²) < 4.78 is 5.02. The van der Waals surface area contributed by atoms with E-state index in [2.05, 4.69) is 27.4 Å². The number of rotatable bonds is 4. The normalized spacial score (nSPS) is 20.0. The summed E-state index contributed by atoms with van der Waals surface area (Å²) in [5, 5.41) is 10.1. The molecule has 19 heavy (non-hydrogen) atoms. The highest BCUT2D eigenvalue weighted by molar-refractivity contribution is 5.71. The standard InChI is InChI=1S/C13H26N4O2/c1-2-11-19-13(18)12-17-9-7-15-5-3-14-4-6-16-8-10-17/h2,14-16H,1,3-12H2. The number of carbonyl (C=O) groups excluding carboxylic acids is 1. The molecule has 1 aliphatic rings. The van der Waals surface area contributed by atoms with Crippen LogP contribution in [-0.2, 0) is 9.53 Å². The first kappa shape index (κ1) is 16.1. The average Bonchev–Trinajstić information content (AvgIpc) is 2.39. The molecule has 110 valence electrons. The SMILES string of the molecule is C=CCOC(=O)CN1CCNCCNCCNCC1. The van der Waals surface area contributed by atoms with Crippen molar-refractivity contribution >= 4 is 5.97 Å². The molecule has 1 heterocycles. The first-order valence-electron chi connectivity index (χ1n) is 6.94. The molecule has 3 N–H and O–H groups in total. The third-order valence-corrected chi connectivity index (χ3v) is 2.88. The third kappa shape index (κ3) is 8.72. The van der Waals surface area contributed by atoms with Crippen LogP contribution in [0.1, 0.15) is 0 Å². The molecule has 0 atom stereocenters. The minimum atomic E-state index is -0.186. The van der Waals surface area contributed by atoms with Crippen LogP contribution in [0.3, 0.4) is 0 Å². The lowest BCUT2D eigenvalue weighted by molar-refractivity contribution is -0.143. The Hall–Kier alpha value is -0.950. The predicted octanol–water partition coefficient (Wildman–Crippen LogP) is -1.20. The van der Waals surface area contributed by atoms with E-state index in [0.717, 1.165) is 52.4 Å². The molecule has 0 saturated carbocycles. The van der Waals surface area contributed by atoms with Crippen LogP contribution in [0.4, 0.5) is 0 Å². The molecule has 6 nitrogen and oxygen atoms in total. The van der Waals surface area contributed by atoms with E-state index in [-0.39, 0.29) is 12.6 Å². The van der Waals surface area contributed by atoms with E-state index < -0.39 is 0 Å². The van der Waals surface area contributed by atoms with Gasteiger partial charge in [-0.15, -0.1) is 0 Å². The number of ether oxygens (including phenoxy) is 1. The lowest BCUT2D eigenvalue weighted by atomic mass is 10.4. The van der Waals surface area contributed by atoms with Gasteiger partial charge < -0.3 is 20.7 Å². The van der Waals surface area contributed by atoms with E-state index in [1.165, 1.54) is 0 Å². The van der Waals surface area contributed by atoms with Crippen LogP contribution in [-0.4, -0.2) is 76.4 Å². The van der Waals surface area contributed by atoms with Gasteiger partial charge in [-0.05, 0) is 0 Å². The summed E-state index contributed by atoms with van der Waals surface area (Å²) in [6, 6.07) is 0. The largest absolute Gasteiger partial charge is 0.461 e. The van der Waals surface area contributed by atoms with Gasteiger partial charge in [0.1, 0.15) is 6.61 Å². The van der Waals surface area contributed by atoms with Gasteiger partial charge in [0.2, 0.25) is 0 Å². The lowest BCUT2D eigenvalue weighted by Gasteiger charge is -2.22. The van der Waals surface area contributed by atoms with Gasteiger partial charge in [-0.25, -0.2) is 0 Å². The minimum absolute atomic E-state index is 0.186. The van der Waals surface area contributed by atoms with Crippen LogP contribution >= 0.6 is 0 Å². The van der Waals surface area contributed by atoms with Gasteiger partial charge in [0, 0.05) is 52.4 Å². The first-order valence-corrected chi connectivity index (χ1v) is 6.94. The van der Waals surface area contributed by atoms with Gasteiger partial charge in [-0.1, -0.05) is 12.7 Å². The number of nitrogens with one attached hydrogen (secondary N) is 3. The summed E-state index contributed by atoms with van der Waals surface area (Å²) in [6.07, 6.45) is 1.59. The summed E-state index contributed by atoms with van der Waals surface area (Å²) >= 11 is 0. The Labute approximate surface area is 115 Å². The molecule has 0 bridgehead atoms. The van der Waals surface area contributed by atoms with E-state index in [9.17, 15) is 4.79 Å². The summed E-state index contributed by atoms with van der Waals surface area (Å²) in [7, 11) is 0. The van der Waals surface area contributed by atoms with Crippen molar-refractivity contribution < 1.29 is 9.53 Å². The average molecular weight is 270 g/mol. The molecule has 0 unspecified atom stereocenters. The Bertz CT molecular complexity index is 249. The molecule has 0 aliphatic carbocycles. The van der Waals surface area contributed by atoms with Crippen molar-refractivity contribution in [2.75, 3.05) is 65.5 Å². The van der Waals surface area contributed by atoms with Crippen molar-refractivity contribution in [2.45, 2.75) is 0 Å². The fraction of sp³-hybridized carbons (Fsp3) is 0.769. The summed E-state index contributed by atoms with van der Waals surface area (Å²) in [6.45, 7) is 11.5. The quantitative estimate of drug-likeness (QED) is 0.440. The van der Waals surface area contributed by atoms with Gasteiger partial charge in [0.05, 0.1) is 6.54 Å². The number of hydrogen-bond donors (Lipinski definition) is 3. The Morgan fingerprint density at radius 1 is 1.05 bits per heavy atom. The van der Waals surface area contributed by atoms with Crippen molar-refractivity contribution in [2.24, 2.45) is 0 Å². The van der Waals surface area contributed by atoms with Crippen LogP contribution in [0, 0.1) is 0 Å². The van der Waals surface area contributed by atoms with Crippen molar-refractivity contribution in [1.82, 2.24) is 20.9 Å². The van der Waals surface area contributed by atoms with Crippen LogP contribution in [0.25, 0.3) is 0 Å². The van der Waals surface area contributed by atoms with E-state index in [1.54, 1.807) is 6.08 Å². The molecule has 0 spiro atoms. The molecule has 0 radical (unpaired) electrons. The highest BCUT2D eigenvalue weighted by atomic mass is 16.5. The monoisotopic (exact) mass is 270 g/mol. The Balaban J connectivity index is 2.29. The molecule has 0 amide bonds. The van der Waals surface area contributed by atoms with Crippen molar-refractivity contribution in [3.63, 3.8) is 0 Å². The highest BCUT2D eigenvalue weighted by Crippen LogP contribution is 1.90. The molecule has 1 fully saturated rings. The van der Waals surface area contributed by atoms with E-state index in [4.69, 9.17) is 4.74 Å². The highest BCUT2D eigenvalue weighted by Gasteiger charge is 2.11. The zero-order valence-corrected chi connectivity index (χ0v) is 11.6. The van der Waals surface area contributed by atoms with E-state index in [0.29, 0.717) is 6.54 Å². The second-order valence-corrected chi connectivity index (χ2v) is 4.50. The number of nitrogens with zero attached hydrogens (tertiary/aromatic N) is 1. The van der Waals surface area contributed by atoms with Crippen molar-refractivity contribution in [1.29, 1.82) is 0 Å². The minimum Gasteiger partial charge on any atom is -0.461 e. The molecule has 1 rings (SSSR count). The topological polar surface area (TPSA) is 65.6 Å². The van der Waals surface area contributed by atoms with E-state index in [1.807, 2.05) is 0 Å². The smallest absolute Gasteiger partial charge is 0.320 e. The van der Waals surface area contributed by atoms with E-state index >= 15 is 0 Å². The fourth-order valence-corrected chi connectivity index (χ4v) is 1.85. The molecular formula is C13H26N4O2. The Morgan fingerprint density at radius 3 is 2.11 bits per heavy atom. The zero-order chi connectivity index (χ0) is 13.8. The second-order valence-electron chi connectivity index (χ2n) is 4.50. The van der Waals surface area contributed by atoms with Crippen molar-refractivity contribution in [3.8, 4) is 0 Å². The molecule has 6 heteroatoms. The molecular weight excluding hydrogens is 244 g/mol. The molecule has 1 saturated heterocycles. The van der Waals surface area contributed by atoms with Crippen LogP contribution in [0.15, 0.2) is 12.7 Å². The first-order chi connectivity index (χ1) is 9.33. The second kappa shape index (κ2) is 10.9. The third-order valence-electron chi connectivity index (χ3n) is 2.88. The zero-order valence-electron chi connectivity index (χ0n) is 11.6. The number of carbonyl (C=O) groups is 1. The lowest BCUT2D eigenvalue weighted by Crippen LogP contribution is -2.43. The predicted molar refractivity (Wildman–Crippen MR) is 76.2 cm³/mol.